The molecular weight excluding hydrogens is 492 g/mol. The van der Waals surface area contributed by atoms with Crippen molar-refractivity contribution in [2.75, 3.05) is 19.8 Å². The van der Waals surface area contributed by atoms with Gasteiger partial charge in [0.25, 0.3) is 5.91 Å². The molecule has 0 unspecified atom stereocenters. The minimum Gasteiger partial charge on any atom is -0.492 e. The third-order valence-corrected chi connectivity index (χ3v) is 4.55. The second-order valence-corrected chi connectivity index (χ2v) is 7.24. The number of amides is 1. The van der Waals surface area contributed by atoms with Crippen LogP contribution in [0, 0.1) is 0 Å². The largest absolute Gasteiger partial charge is 0.492 e. The van der Waals surface area contributed by atoms with Crippen LogP contribution in [0.15, 0.2) is 44.4 Å². The van der Waals surface area contributed by atoms with Crippen molar-refractivity contribution in [1.82, 2.24) is 5.43 Å². The summed E-state index contributed by atoms with van der Waals surface area (Å²) in [5, 5.41) is 4.06. The lowest BCUT2D eigenvalue weighted by Gasteiger charge is -2.12. The maximum Gasteiger partial charge on any atom is 0.271 e. The van der Waals surface area contributed by atoms with Crippen LogP contribution in [-0.4, -0.2) is 31.9 Å². The number of carbonyl (C=O) groups excluding carboxylic acids is 1. The summed E-state index contributed by atoms with van der Waals surface area (Å²) in [6, 6.07) is 8.76. The molecule has 0 spiro atoms. The van der Waals surface area contributed by atoms with Gasteiger partial charge in [-0.05, 0) is 67.0 Å². The smallest absolute Gasteiger partial charge is 0.271 e. The van der Waals surface area contributed by atoms with E-state index in [9.17, 15) is 4.79 Å². The van der Waals surface area contributed by atoms with E-state index in [2.05, 4.69) is 42.4 Å². The van der Waals surface area contributed by atoms with Crippen molar-refractivity contribution >= 4 is 44.0 Å². The summed E-state index contributed by atoms with van der Waals surface area (Å²) in [6.45, 7) is 7.17. The van der Waals surface area contributed by atoms with E-state index < -0.39 is 0 Å². The van der Waals surface area contributed by atoms with Gasteiger partial charge < -0.3 is 14.2 Å². The summed E-state index contributed by atoms with van der Waals surface area (Å²) >= 11 is 6.91. The molecule has 0 atom stereocenters. The highest BCUT2D eigenvalue weighted by Gasteiger charge is 2.12. The number of carbonyl (C=O) groups is 1. The normalized spacial score (nSPS) is 10.8. The molecular formula is C20H22Br2N2O4. The molecule has 1 amide bonds. The van der Waals surface area contributed by atoms with E-state index in [0.717, 1.165) is 14.5 Å². The van der Waals surface area contributed by atoms with Crippen molar-refractivity contribution < 1.29 is 19.0 Å². The Kier molecular flexibility index (Phi) is 8.79. The van der Waals surface area contributed by atoms with Crippen LogP contribution >= 0.6 is 31.9 Å². The van der Waals surface area contributed by atoms with Crippen LogP contribution in [0.3, 0.4) is 0 Å². The van der Waals surface area contributed by atoms with Gasteiger partial charge in [-0.2, -0.15) is 5.10 Å². The zero-order valence-electron chi connectivity index (χ0n) is 15.9. The molecule has 2 rings (SSSR count). The van der Waals surface area contributed by atoms with Gasteiger partial charge in [-0.1, -0.05) is 15.9 Å². The minimum absolute atomic E-state index is 0.354. The number of nitrogens with one attached hydrogen (secondary N) is 1. The summed E-state index contributed by atoms with van der Waals surface area (Å²) in [7, 11) is 0. The molecule has 0 aliphatic rings. The quantitative estimate of drug-likeness (QED) is 0.371. The number of benzene rings is 2. The molecule has 2 aromatic rings. The van der Waals surface area contributed by atoms with Gasteiger partial charge in [0.05, 0.1) is 30.5 Å². The molecule has 2 aromatic carbocycles. The monoisotopic (exact) mass is 512 g/mol. The van der Waals surface area contributed by atoms with Gasteiger partial charge in [0.2, 0.25) is 0 Å². The van der Waals surface area contributed by atoms with E-state index in [-0.39, 0.29) is 5.91 Å². The highest BCUT2D eigenvalue weighted by molar-refractivity contribution is 9.11. The Bertz CT molecular complexity index is 856. The zero-order chi connectivity index (χ0) is 20.5. The Morgan fingerprint density at radius 1 is 1.00 bits per heavy atom. The lowest BCUT2D eigenvalue weighted by atomic mass is 10.2. The summed E-state index contributed by atoms with van der Waals surface area (Å²) < 4.78 is 18.4. The van der Waals surface area contributed by atoms with Crippen molar-refractivity contribution in [2.24, 2.45) is 5.10 Å². The fourth-order valence-corrected chi connectivity index (χ4v) is 3.76. The molecule has 0 saturated carbocycles. The Morgan fingerprint density at radius 3 is 2.36 bits per heavy atom. The first kappa shape index (κ1) is 22.2. The van der Waals surface area contributed by atoms with Crippen LogP contribution in [0.1, 0.15) is 36.7 Å². The second kappa shape index (κ2) is 11.1. The third-order valence-electron chi connectivity index (χ3n) is 3.50. The highest BCUT2D eigenvalue weighted by Crippen LogP contribution is 2.32. The number of hydrogen-bond donors (Lipinski definition) is 1. The first-order valence-corrected chi connectivity index (χ1v) is 10.4. The van der Waals surface area contributed by atoms with Crippen molar-refractivity contribution in [3.63, 3.8) is 0 Å². The molecule has 0 radical (unpaired) electrons. The number of rotatable bonds is 9. The van der Waals surface area contributed by atoms with Gasteiger partial charge >= 0.3 is 0 Å². The van der Waals surface area contributed by atoms with Gasteiger partial charge in [0, 0.05) is 15.6 Å². The topological polar surface area (TPSA) is 69.2 Å². The number of hydrazone groups is 1. The Hall–Kier alpha value is -2.06. The lowest BCUT2D eigenvalue weighted by molar-refractivity contribution is 0.0954. The average Bonchev–Trinajstić information content (AvgIpc) is 2.66. The number of hydrogen-bond acceptors (Lipinski definition) is 5. The SMILES string of the molecule is CCOc1ccc(C(=O)N/N=C/c2cc(Br)cc(Br)c2OCC)cc1OCC. The van der Waals surface area contributed by atoms with E-state index >= 15 is 0 Å². The number of ether oxygens (including phenoxy) is 3. The molecule has 8 heteroatoms. The van der Waals surface area contributed by atoms with Crippen molar-refractivity contribution in [3.05, 3.63) is 50.4 Å². The van der Waals surface area contributed by atoms with Gasteiger partial charge in [-0.25, -0.2) is 5.43 Å². The average molecular weight is 514 g/mol. The fraction of sp³-hybridized carbons (Fsp3) is 0.300. The number of halogens is 2. The van der Waals surface area contributed by atoms with Gasteiger partial charge in [-0.3, -0.25) is 4.79 Å². The minimum atomic E-state index is -0.354. The predicted molar refractivity (Wildman–Crippen MR) is 117 cm³/mol. The zero-order valence-corrected chi connectivity index (χ0v) is 19.1. The van der Waals surface area contributed by atoms with E-state index in [0.29, 0.717) is 42.6 Å². The van der Waals surface area contributed by atoms with E-state index in [1.54, 1.807) is 18.2 Å². The van der Waals surface area contributed by atoms with Gasteiger partial charge in [0.15, 0.2) is 11.5 Å². The number of nitrogens with zero attached hydrogens (tertiary/aromatic N) is 1. The molecule has 0 saturated heterocycles. The second-order valence-electron chi connectivity index (χ2n) is 5.47. The lowest BCUT2D eigenvalue weighted by Crippen LogP contribution is -2.18. The Balaban J connectivity index is 2.17. The molecule has 6 nitrogen and oxygen atoms in total. The maximum atomic E-state index is 12.4. The van der Waals surface area contributed by atoms with Crippen LogP contribution in [0.4, 0.5) is 0 Å². The first-order valence-electron chi connectivity index (χ1n) is 8.85. The molecule has 0 aromatic heterocycles. The Labute approximate surface area is 181 Å². The van der Waals surface area contributed by atoms with Crippen molar-refractivity contribution in [2.45, 2.75) is 20.8 Å². The summed E-state index contributed by atoms with van der Waals surface area (Å²) in [6.07, 6.45) is 1.54. The molecule has 0 aliphatic heterocycles. The molecule has 150 valence electrons. The summed E-state index contributed by atoms with van der Waals surface area (Å²) in [5.74, 6) is 1.43. The third kappa shape index (κ3) is 5.97. The van der Waals surface area contributed by atoms with Crippen LogP contribution in [0.2, 0.25) is 0 Å². The van der Waals surface area contributed by atoms with E-state index in [1.807, 2.05) is 32.9 Å². The Morgan fingerprint density at radius 2 is 1.68 bits per heavy atom. The molecule has 1 N–H and O–H groups in total. The summed E-state index contributed by atoms with van der Waals surface area (Å²) in [5.41, 5.74) is 3.67. The van der Waals surface area contributed by atoms with Crippen LogP contribution in [0.25, 0.3) is 0 Å². The molecule has 0 bridgehead atoms. The predicted octanol–water partition coefficient (Wildman–Crippen LogP) is 5.17. The standard InChI is InChI=1S/C20H22Br2N2O4/c1-4-26-17-8-7-13(10-18(17)27-5-2)20(25)24-23-12-14-9-15(21)11-16(22)19(14)28-6-3/h7-12H,4-6H2,1-3H3,(H,24,25)/b23-12+. The van der Waals surface area contributed by atoms with Crippen LogP contribution in [-0.2, 0) is 0 Å². The van der Waals surface area contributed by atoms with Gasteiger partial charge in [-0.15, -0.1) is 0 Å². The summed E-state index contributed by atoms with van der Waals surface area (Å²) in [4.78, 5) is 12.4. The molecule has 28 heavy (non-hydrogen) atoms. The van der Waals surface area contributed by atoms with Crippen LogP contribution < -0.4 is 19.6 Å². The highest BCUT2D eigenvalue weighted by atomic mass is 79.9. The van der Waals surface area contributed by atoms with Crippen molar-refractivity contribution in [1.29, 1.82) is 0 Å². The van der Waals surface area contributed by atoms with Crippen LogP contribution in [0.5, 0.6) is 17.2 Å². The van der Waals surface area contributed by atoms with Crippen molar-refractivity contribution in [3.8, 4) is 17.2 Å². The molecule has 0 fully saturated rings. The first-order chi connectivity index (χ1) is 13.5. The van der Waals surface area contributed by atoms with E-state index in [1.165, 1.54) is 6.21 Å². The maximum absolute atomic E-state index is 12.4. The fourth-order valence-electron chi connectivity index (χ4n) is 2.39. The molecule has 0 aliphatic carbocycles. The van der Waals surface area contributed by atoms with E-state index in [4.69, 9.17) is 14.2 Å². The molecule has 0 heterocycles. The van der Waals surface area contributed by atoms with Gasteiger partial charge in [0.1, 0.15) is 5.75 Å².